The van der Waals surface area contributed by atoms with Crippen LogP contribution in [0.15, 0.2) is 22.7 Å². The number of halogens is 2. The summed E-state index contributed by atoms with van der Waals surface area (Å²) in [7, 11) is 0. The van der Waals surface area contributed by atoms with Crippen LogP contribution in [0.4, 0.5) is 0 Å². The van der Waals surface area contributed by atoms with Gasteiger partial charge in [0.25, 0.3) is 0 Å². The second kappa shape index (κ2) is 4.96. The van der Waals surface area contributed by atoms with Gasteiger partial charge in [0.15, 0.2) is 0 Å². The summed E-state index contributed by atoms with van der Waals surface area (Å²) in [5.41, 5.74) is 6.68. The fraction of sp³-hybridized carbons (Fsp3) is 0.333. The molecule has 1 aromatic carbocycles. The summed E-state index contributed by atoms with van der Waals surface area (Å²) in [6.45, 7) is 0.0734. The number of rotatable bonds is 3. The molecule has 4 heteroatoms. The first-order chi connectivity index (χ1) is 6.16. The first kappa shape index (κ1) is 11.0. The van der Waals surface area contributed by atoms with Crippen LogP contribution in [0.3, 0.4) is 0 Å². The molecule has 0 heterocycles. The summed E-state index contributed by atoms with van der Waals surface area (Å²) in [6.07, 6.45) is 0.524. The number of aliphatic hydroxyl groups is 1. The zero-order chi connectivity index (χ0) is 9.84. The van der Waals surface area contributed by atoms with E-state index in [2.05, 4.69) is 15.9 Å². The molecule has 1 atom stereocenters. The molecule has 0 amide bonds. The van der Waals surface area contributed by atoms with Crippen LogP contribution in [0.2, 0.25) is 5.02 Å². The SMILES string of the molecule is N[C@H](CCO)c1cccc(Br)c1Cl. The molecular formula is C9H11BrClNO. The van der Waals surface area contributed by atoms with E-state index in [0.717, 1.165) is 10.0 Å². The summed E-state index contributed by atoms with van der Waals surface area (Å²) in [6, 6.07) is 5.41. The first-order valence-electron chi connectivity index (χ1n) is 3.97. The van der Waals surface area contributed by atoms with E-state index in [1.54, 1.807) is 0 Å². The average molecular weight is 265 g/mol. The molecule has 0 saturated heterocycles. The van der Waals surface area contributed by atoms with E-state index < -0.39 is 0 Å². The lowest BCUT2D eigenvalue weighted by atomic mass is 10.1. The van der Waals surface area contributed by atoms with Crippen molar-refractivity contribution in [2.75, 3.05) is 6.61 Å². The Morgan fingerprint density at radius 1 is 1.54 bits per heavy atom. The third-order valence-corrected chi connectivity index (χ3v) is 3.13. The normalized spacial score (nSPS) is 12.9. The van der Waals surface area contributed by atoms with E-state index in [9.17, 15) is 0 Å². The van der Waals surface area contributed by atoms with E-state index in [1.807, 2.05) is 18.2 Å². The topological polar surface area (TPSA) is 46.2 Å². The summed E-state index contributed by atoms with van der Waals surface area (Å²) in [5.74, 6) is 0. The van der Waals surface area contributed by atoms with Crippen LogP contribution in [0.25, 0.3) is 0 Å². The van der Waals surface area contributed by atoms with Gasteiger partial charge in [-0.2, -0.15) is 0 Å². The Kier molecular flexibility index (Phi) is 4.19. The fourth-order valence-electron chi connectivity index (χ4n) is 1.10. The Balaban J connectivity index is 2.93. The minimum atomic E-state index is -0.199. The molecule has 13 heavy (non-hydrogen) atoms. The Hall–Kier alpha value is -0.0900. The van der Waals surface area contributed by atoms with Crippen molar-refractivity contribution >= 4 is 27.5 Å². The molecule has 0 aliphatic heterocycles. The molecule has 0 unspecified atom stereocenters. The highest BCUT2D eigenvalue weighted by Crippen LogP contribution is 2.30. The van der Waals surface area contributed by atoms with Crippen molar-refractivity contribution in [1.82, 2.24) is 0 Å². The van der Waals surface area contributed by atoms with E-state index in [1.165, 1.54) is 0 Å². The lowest BCUT2D eigenvalue weighted by Crippen LogP contribution is -2.12. The highest BCUT2D eigenvalue weighted by Gasteiger charge is 2.10. The van der Waals surface area contributed by atoms with Gasteiger partial charge in [-0.05, 0) is 34.0 Å². The molecule has 0 saturated carbocycles. The second-order valence-corrected chi connectivity index (χ2v) is 3.99. The van der Waals surface area contributed by atoms with Crippen LogP contribution in [-0.2, 0) is 0 Å². The summed E-state index contributed by atoms with van der Waals surface area (Å²) in [5, 5.41) is 9.35. The van der Waals surface area contributed by atoms with Crippen molar-refractivity contribution in [1.29, 1.82) is 0 Å². The van der Waals surface area contributed by atoms with E-state index >= 15 is 0 Å². The first-order valence-corrected chi connectivity index (χ1v) is 5.14. The summed E-state index contributed by atoms with van der Waals surface area (Å²) in [4.78, 5) is 0. The van der Waals surface area contributed by atoms with Crippen molar-refractivity contribution in [3.05, 3.63) is 33.3 Å². The average Bonchev–Trinajstić information content (AvgIpc) is 2.10. The van der Waals surface area contributed by atoms with Gasteiger partial charge in [0.2, 0.25) is 0 Å². The smallest absolute Gasteiger partial charge is 0.0595 e. The van der Waals surface area contributed by atoms with Gasteiger partial charge in [0.1, 0.15) is 0 Å². The minimum Gasteiger partial charge on any atom is -0.396 e. The zero-order valence-electron chi connectivity index (χ0n) is 7.00. The van der Waals surface area contributed by atoms with Crippen molar-refractivity contribution < 1.29 is 5.11 Å². The maximum absolute atomic E-state index is 8.72. The number of benzene rings is 1. The molecule has 1 aromatic rings. The Morgan fingerprint density at radius 2 is 2.23 bits per heavy atom. The maximum atomic E-state index is 8.72. The van der Waals surface area contributed by atoms with Gasteiger partial charge in [-0.25, -0.2) is 0 Å². The minimum absolute atomic E-state index is 0.0734. The van der Waals surface area contributed by atoms with Crippen molar-refractivity contribution in [2.24, 2.45) is 5.73 Å². The highest BCUT2D eigenvalue weighted by atomic mass is 79.9. The van der Waals surface area contributed by atoms with Crippen LogP contribution < -0.4 is 5.73 Å². The molecule has 0 aliphatic carbocycles. The molecule has 1 rings (SSSR count). The molecule has 3 N–H and O–H groups in total. The quantitative estimate of drug-likeness (QED) is 0.881. The van der Waals surface area contributed by atoms with E-state index in [4.69, 9.17) is 22.4 Å². The van der Waals surface area contributed by atoms with Gasteiger partial charge in [0, 0.05) is 17.1 Å². The standard InChI is InChI=1S/C9H11BrClNO/c10-7-3-1-2-6(9(7)11)8(12)4-5-13/h1-3,8,13H,4-5,12H2/t8-/m1/s1. The molecular weight excluding hydrogens is 253 g/mol. The lowest BCUT2D eigenvalue weighted by Gasteiger charge is -2.12. The molecule has 0 aromatic heterocycles. The van der Waals surface area contributed by atoms with Crippen LogP contribution in [0, 0.1) is 0 Å². The predicted molar refractivity (Wildman–Crippen MR) is 57.8 cm³/mol. The lowest BCUT2D eigenvalue weighted by molar-refractivity contribution is 0.276. The Labute approximate surface area is 90.8 Å². The monoisotopic (exact) mass is 263 g/mol. The number of hydrogen-bond donors (Lipinski definition) is 2. The van der Waals surface area contributed by atoms with Crippen LogP contribution in [0.1, 0.15) is 18.0 Å². The molecule has 72 valence electrons. The molecule has 0 bridgehead atoms. The molecule has 0 spiro atoms. The Bertz CT molecular complexity index is 293. The van der Waals surface area contributed by atoms with E-state index in [-0.39, 0.29) is 12.6 Å². The van der Waals surface area contributed by atoms with Crippen molar-refractivity contribution in [3.63, 3.8) is 0 Å². The second-order valence-electron chi connectivity index (χ2n) is 2.76. The maximum Gasteiger partial charge on any atom is 0.0595 e. The van der Waals surface area contributed by atoms with Crippen LogP contribution >= 0.6 is 27.5 Å². The third-order valence-electron chi connectivity index (χ3n) is 1.82. The predicted octanol–water partition coefficient (Wildman–Crippen LogP) is 2.48. The van der Waals surface area contributed by atoms with Gasteiger partial charge in [0.05, 0.1) is 5.02 Å². The summed E-state index contributed by atoms with van der Waals surface area (Å²) >= 11 is 9.33. The molecule has 0 fully saturated rings. The van der Waals surface area contributed by atoms with Gasteiger partial charge in [-0.3, -0.25) is 0 Å². The number of nitrogens with two attached hydrogens (primary N) is 1. The molecule has 0 radical (unpaired) electrons. The van der Waals surface area contributed by atoms with Gasteiger partial charge in [-0.1, -0.05) is 23.7 Å². The van der Waals surface area contributed by atoms with E-state index in [0.29, 0.717) is 11.4 Å². The van der Waals surface area contributed by atoms with Gasteiger partial charge >= 0.3 is 0 Å². The molecule has 2 nitrogen and oxygen atoms in total. The van der Waals surface area contributed by atoms with Crippen molar-refractivity contribution in [3.8, 4) is 0 Å². The van der Waals surface area contributed by atoms with Crippen LogP contribution in [-0.4, -0.2) is 11.7 Å². The number of aliphatic hydroxyl groups excluding tert-OH is 1. The summed E-state index contributed by atoms with van der Waals surface area (Å²) < 4.78 is 0.833. The highest BCUT2D eigenvalue weighted by molar-refractivity contribution is 9.10. The number of hydrogen-bond acceptors (Lipinski definition) is 2. The Morgan fingerprint density at radius 3 is 2.85 bits per heavy atom. The van der Waals surface area contributed by atoms with Gasteiger partial charge in [-0.15, -0.1) is 0 Å². The zero-order valence-corrected chi connectivity index (χ0v) is 9.35. The van der Waals surface area contributed by atoms with Gasteiger partial charge < -0.3 is 10.8 Å². The third kappa shape index (κ3) is 2.68. The largest absolute Gasteiger partial charge is 0.396 e. The van der Waals surface area contributed by atoms with Crippen molar-refractivity contribution in [2.45, 2.75) is 12.5 Å². The van der Waals surface area contributed by atoms with Crippen LogP contribution in [0.5, 0.6) is 0 Å². The molecule has 0 aliphatic rings. The fourth-order valence-corrected chi connectivity index (χ4v) is 1.75.